The molecule has 0 aromatic heterocycles. The zero-order valence-corrected chi connectivity index (χ0v) is 18.3. The Bertz CT molecular complexity index is 985. The summed E-state index contributed by atoms with van der Waals surface area (Å²) in [4.78, 5) is 15.1. The van der Waals surface area contributed by atoms with Crippen LogP contribution in [0.1, 0.15) is 37.7 Å². The van der Waals surface area contributed by atoms with Crippen molar-refractivity contribution >= 4 is 15.9 Å². The standard InChI is InChI=1S/C24H30N2O3S/c1-30(28,29)25-22-14-15-26(24(27)20-11-5-6-12-20)23(22)17-18-8-7-13-21(16-18)19-9-3-2-4-10-19/h2-4,7-10,13,16,20,22-23,25H,5-6,11-12,14-15,17H2,1H3/t22-,23-/m1/s1. The molecule has 0 unspecified atom stereocenters. The average Bonchev–Trinajstić information content (AvgIpc) is 3.39. The van der Waals surface area contributed by atoms with Gasteiger partial charge < -0.3 is 4.90 Å². The lowest BCUT2D eigenvalue weighted by molar-refractivity contribution is -0.136. The summed E-state index contributed by atoms with van der Waals surface area (Å²) in [5.74, 6) is 0.301. The van der Waals surface area contributed by atoms with Gasteiger partial charge in [-0.25, -0.2) is 13.1 Å². The third-order valence-electron chi connectivity index (χ3n) is 6.38. The van der Waals surface area contributed by atoms with Crippen molar-refractivity contribution in [2.45, 2.75) is 50.6 Å². The Morgan fingerprint density at radius 2 is 1.70 bits per heavy atom. The minimum Gasteiger partial charge on any atom is -0.337 e. The highest BCUT2D eigenvalue weighted by Gasteiger charge is 2.40. The largest absolute Gasteiger partial charge is 0.337 e. The van der Waals surface area contributed by atoms with E-state index in [1.165, 1.54) is 6.26 Å². The smallest absolute Gasteiger partial charge is 0.225 e. The van der Waals surface area contributed by atoms with Crippen LogP contribution in [0.15, 0.2) is 54.6 Å². The predicted octanol–water partition coefficient (Wildman–Crippen LogP) is 3.61. The number of nitrogens with zero attached hydrogens (tertiary/aromatic N) is 1. The summed E-state index contributed by atoms with van der Waals surface area (Å²) < 4.78 is 26.7. The number of rotatable bonds is 6. The van der Waals surface area contributed by atoms with Crippen molar-refractivity contribution in [2.75, 3.05) is 12.8 Å². The number of carbonyl (C=O) groups excluding carboxylic acids is 1. The Kier molecular flexibility index (Phi) is 6.25. The quantitative estimate of drug-likeness (QED) is 0.767. The zero-order chi connectivity index (χ0) is 21.1. The molecule has 5 nitrogen and oxygen atoms in total. The first kappa shape index (κ1) is 21.1. The van der Waals surface area contributed by atoms with Gasteiger partial charge in [0.05, 0.1) is 12.3 Å². The Labute approximate surface area is 179 Å². The van der Waals surface area contributed by atoms with Gasteiger partial charge in [0, 0.05) is 18.5 Å². The summed E-state index contributed by atoms with van der Waals surface area (Å²) in [6.45, 7) is 0.617. The maximum Gasteiger partial charge on any atom is 0.225 e. The summed E-state index contributed by atoms with van der Waals surface area (Å²) >= 11 is 0. The van der Waals surface area contributed by atoms with Crippen LogP contribution in [0.3, 0.4) is 0 Å². The predicted molar refractivity (Wildman–Crippen MR) is 119 cm³/mol. The van der Waals surface area contributed by atoms with E-state index in [0.717, 1.165) is 42.4 Å². The van der Waals surface area contributed by atoms with E-state index in [0.29, 0.717) is 19.4 Å². The van der Waals surface area contributed by atoms with Crippen LogP contribution in [0.5, 0.6) is 0 Å². The summed E-state index contributed by atoms with van der Waals surface area (Å²) in [7, 11) is -3.34. The summed E-state index contributed by atoms with van der Waals surface area (Å²) in [6.07, 6.45) is 6.63. The van der Waals surface area contributed by atoms with Crippen LogP contribution in [-0.4, -0.2) is 44.1 Å². The molecule has 2 atom stereocenters. The SMILES string of the molecule is CS(=O)(=O)N[C@@H]1CCN(C(=O)C2CCCC2)[C@@H]1Cc1cccc(-c2ccccc2)c1. The lowest BCUT2D eigenvalue weighted by Gasteiger charge is -2.30. The summed E-state index contributed by atoms with van der Waals surface area (Å²) in [5, 5.41) is 0. The number of hydrogen-bond donors (Lipinski definition) is 1. The normalized spacial score (nSPS) is 22.5. The van der Waals surface area contributed by atoms with Crippen molar-refractivity contribution in [1.82, 2.24) is 9.62 Å². The second-order valence-corrected chi connectivity index (χ2v) is 10.4. The molecule has 1 heterocycles. The fraction of sp³-hybridized carbons (Fsp3) is 0.458. The third-order valence-corrected chi connectivity index (χ3v) is 7.11. The molecule has 4 rings (SSSR count). The molecule has 2 aliphatic rings. The molecule has 1 saturated heterocycles. The Hall–Kier alpha value is -2.18. The monoisotopic (exact) mass is 426 g/mol. The molecule has 160 valence electrons. The van der Waals surface area contributed by atoms with Crippen LogP contribution in [-0.2, 0) is 21.2 Å². The van der Waals surface area contributed by atoms with Gasteiger partial charge in [0.1, 0.15) is 0 Å². The molecule has 1 aliphatic carbocycles. The van der Waals surface area contributed by atoms with Gasteiger partial charge >= 0.3 is 0 Å². The molecule has 0 spiro atoms. The van der Waals surface area contributed by atoms with Crippen molar-refractivity contribution in [3.63, 3.8) is 0 Å². The average molecular weight is 427 g/mol. The van der Waals surface area contributed by atoms with Crippen LogP contribution in [0, 0.1) is 5.92 Å². The number of hydrogen-bond acceptors (Lipinski definition) is 3. The number of amides is 1. The van der Waals surface area contributed by atoms with Crippen LogP contribution in [0.4, 0.5) is 0 Å². The first-order valence-electron chi connectivity index (χ1n) is 10.8. The van der Waals surface area contributed by atoms with Gasteiger partial charge in [-0.05, 0) is 42.4 Å². The van der Waals surface area contributed by atoms with Crippen molar-refractivity contribution in [1.29, 1.82) is 0 Å². The minimum atomic E-state index is -3.34. The number of nitrogens with one attached hydrogen (secondary N) is 1. The topological polar surface area (TPSA) is 66.5 Å². The molecule has 2 fully saturated rings. The van der Waals surface area contributed by atoms with Gasteiger partial charge in [-0.1, -0.05) is 67.4 Å². The minimum absolute atomic E-state index is 0.0973. The second-order valence-electron chi connectivity index (χ2n) is 8.64. The highest BCUT2D eigenvalue weighted by Crippen LogP contribution is 2.31. The summed E-state index contributed by atoms with van der Waals surface area (Å²) in [5.41, 5.74) is 3.40. The number of likely N-dealkylation sites (tertiary alicyclic amines) is 1. The van der Waals surface area contributed by atoms with E-state index < -0.39 is 10.0 Å². The molecule has 0 bridgehead atoms. The highest BCUT2D eigenvalue weighted by atomic mass is 32.2. The van der Waals surface area contributed by atoms with Crippen molar-refractivity contribution < 1.29 is 13.2 Å². The molecule has 1 saturated carbocycles. The van der Waals surface area contributed by atoms with Crippen molar-refractivity contribution in [3.8, 4) is 11.1 Å². The van der Waals surface area contributed by atoms with E-state index >= 15 is 0 Å². The lowest BCUT2D eigenvalue weighted by Crippen LogP contribution is -2.48. The first-order valence-corrected chi connectivity index (χ1v) is 12.7. The van der Waals surface area contributed by atoms with Crippen LogP contribution in [0.25, 0.3) is 11.1 Å². The fourth-order valence-electron chi connectivity index (χ4n) is 4.95. The number of carbonyl (C=O) groups is 1. The summed E-state index contributed by atoms with van der Waals surface area (Å²) in [6, 6.07) is 18.2. The van der Waals surface area contributed by atoms with Gasteiger partial charge in [0.15, 0.2) is 0 Å². The molecule has 30 heavy (non-hydrogen) atoms. The Morgan fingerprint density at radius 3 is 2.40 bits per heavy atom. The van der Waals surface area contributed by atoms with Crippen molar-refractivity contribution in [3.05, 3.63) is 60.2 Å². The molecule has 1 aliphatic heterocycles. The van der Waals surface area contributed by atoms with Gasteiger partial charge in [0.2, 0.25) is 15.9 Å². The van der Waals surface area contributed by atoms with E-state index in [4.69, 9.17) is 0 Å². The molecule has 2 aromatic carbocycles. The molecule has 2 aromatic rings. The Balaban J connectivity index is 1.59. The van der Waals surface area contributed by atoms with Crippen LogP contribution >= 0.6 is 0 Å². The fourth-order valence-corrected chi connectivity index (χ4v) is 5.77. The first-order chi connectivity index (χ1) is 14.4. The van der Waals surface area contributed by atoms with E-state index in [1.807, 2.05) is 29.2 Å². The van der Waals surface area contributed by atoms with Gasteiger partial charge in [-0.15, -0.1) is 0 Å². The maximum absolute atomic E-state index is 13.2. The maximum atomic E-state index is 13.2. The number of benzene rings is 2. The highest BCUT2D eigenvalue weighted by molar-refractivity contribution is 7.88. The second kappa shape index (κ2) is 8.90. The van der Waals surface area contributed by atoms with Gasteiger partial charge in [-0.2, -0.15) is 0 Å². The lowest BCUT2D eigenvalue weighted by atomic mass is 9.96. The van der Waals surface area contributed by atoms with E-state index in [1.54, 1.807) is 0 Å². The Morgan fingerprint density at radius 1 is 1.00 bits per heavy atom. The van der Waals surface area contributed by atoms with E-state index in [-0.39, 0.29) is 23.9 Å². The molecule has 1 amide bonds. The van der Waals surface area contributed by atoms with E-state index in [9.17, 15) is 13.2 Å². The number of sulfonamides is 1. The van der Waals surface area contributed by atoms with Gasteiger partial charge in [0.25, 0.3) is 0 Å². The van der Waals surface area contributed by atoms with Crippen molar-refractivity contribution in [2.24, 2.45) is 5.92 Å². The molecule has 1 N–H and O–H groups in total. The molecule has 6 heteroatoms. The van der Waals surface area contributed by atoms with Gasteiger partial charge in [-0.3, -0.25) is 4.79 Å². The van der Waals surface area contributed by atoms with E-state index in [2.05, 4.69) is 35.1 Å². The molecular weight excluding hydrogens is 396 g/mol. The van der Waals surface area contributed by atoms with Crippen LogP contribution in [0.2, 0.25) is 0 Å². The van der Waals surface area contributed by atoms with Crippen LogP contribution < -0.4 is 4.72 Å². The molecular formula is C24H30N2O3S. The molecule has 0 radical (unpaired) electrons. The third kappa shape index (κ3) is 4.93. The zero-order valence-electron chi connectivity index (χ0n) is 17.5.